The number of hydrogen-bond donors (Lipinski definition) is 0. The van der Waals surface area contributed by atoms with E-state index in [9.17, 15) is 4.79 Å². The molecule has 2 fully saturated rings. The van der Waals surface area contributed by atoms with Crippen molar-refractivity contribution in [3.8, 4) is 11.5 Å². The van der Waals surface area contributed by atoms with E-state index >= 15 is 0 Å². The van der Waals surface area contributed by atoms with Gasteiger partial charge in [-0.3, -0.25) is 4.79 Å². The molecule has 3 atom stereocenters. The van der Waals surface area contributed by atoms with Gasteiger partial charge in [0.05, 0.1) is 31.3 Å². The lowest BCUT2D eigenvalue weighted by molar-refractivity contribution is 0.0743. The molecule has 1 aromatic rings. The fourth-order valence-electron chi connectivity index (χ4n) is 3.44. The van der Waals surface area contributed by atoms with Crippen LogP contribution in [0.2, 0.25) is 0 Å². The van der Waals surface area contributed by atoms with Gasteiger partial charge in [0, 0.05) is 12.0 Å². The van der Waals surface area contributed by atoms with E-state index in [2.05, 4.69) is 0 Å². The van der Waals surface area contributed by atoms with Crippen molar-refractivity contribution in [3.05, 3.63) is 23.8 Å². The quantitative estimate of drug-likeness (QED) is 0.778. The third-order valence-corrected chi connectivity index (χ3v) is 4.47. The third-order valence-electron chi connectivity index (χ3n) is 4.47. The highest BCUT2D eigenvalue weighted by Gasteiger charge is 2.44. The minimum Gasteiger partial charge on any atom is -0.490 e. The number of fused-ring (bicyclic) bond motifs is 3. The number of rotatable bonds is 2. The van der Waals surface area contributed by atoms with Crippen molar-refractivity contribution in [1.82, 2.24) is 0 Å². The molecule has 2 saturated heterocycles. The van der Waals surface area contributed by atoms with Gasteiger partial charge in [-0.05, 0) is 37.5 Å². The van der Waals surface area contributed by atoms with Crippen LogP contribution >= 0.6 is 0 Å². The van der Waals surface area contributed by atoms with Crippen LogP contribution in [-0.2, 0) is 4.74 Å². The second-order valence-corrected chi connectivity index (χ2v) is 5.79. The van der Waals surface area contributed by atoms with Crippen molar-refractivity contribution in [3.63, 3.8) is 0 Å². The monoisotopic (exact) mass is 274 g/mol. The molecule has 0 radical (unpaired) electrons. The van der Waals surface area contributed by atoms with Crippen LogP contribution in [0.5, 0.6) is 11.5 Å². The van der Waals surface area contributed by atoms with Gasteiger partial charge in [-0.15, -0.1) is 0 Å². The molecule has 4 heteroatoms. The summed E-state index contributed by atoms with van der Waals surface area (Å²) < 4.78 is 17.0. The Morgan fingerprint density at radius 1 is 1.10 bits per heavy atom. The minimum atomic E-state index is 0.0264. The highest BCUT2D eigenvalue weighted by atomic mass is 16.5. The standard InChI is InChI=1S/C16H18O4/c17-16(12-9-11-3-5-13(12)20-11)10-2-4-14-15(8-10)19-7-1-6-18-14/h2,4,8,11-13H,1,3,5-7,9H2. The first-order valence-corrected chi connectivity index (χ1v) is 7.40. The Hall–Kier alpha value is -1.55. The number of ether oxygens (including phenoxy) is 3. The lowest BCUT2D eigenvalue weighted by atomic mass is 9.84. The van der Waals surface area contributed by atoms with Crippen molar-refractivity contribution in [2.24, 2.45) is 5.92 Å². The molecule has 3 aliphatic rings. The van der Waals surface area contributed by atoms with Crippen LogP contribution in [0.25, 0.3) is 0 Å². The van der Waals surface area contributed by atoms with Crippen LogP contribution in [0.4, 0.5) is 0 Å². The lowest BCUT2D eigenvalue weighted by Gasteiger charge is -2.18. The van der Waals surface area contributed by atoms with Gasteiger partial charge in [0.2, 0.25) is 0 Å². The lowest BCUT2D eigenvalue weighted by Crippen LogP contribution is -2.25. The number of Topliss-reactive ketones (excluding diaryl/α,β-unsaturated/α-hetero) is 1. The zero-order valence-electron chi connectivity index (χ0n) is 11.3. The second kappa shape index (κ2) is 4.77. The van der Waals surface area contributed by atoms with Gasteiger partial charge in [0.25, 0.3) is 0 Å². The van der Waals surface area contributed by atoms with Gasteiger partial charge in [-0.25, -0.2) is 0 Å². The Morgan fingerprint density at radius 3 is 2.70 bits per heavy atom. The van der Waals surface area contributed by atoms with Crippen LogP contribution in [-0.4, -0.2) is 31.2 Å². The Balaban J connectivity index is 1.59. The average molecular weight is 274 g/mol. The highest BCUT2D eigenvalue weighted by molar-refractivity contribution is 5.99. The molecule has 0 aliphatic carbocycles. The van der Waals surface area contributed by atoms with E-state index in [-0.39, 0.29) is 17.8 Å². The van der Waals surface area contributed by atoms with Crippen molar-refractivity contribution >= 4 is 5.78 Å². The van der Waals surface area contributed by atoms with E-state index in [1.54, 1.807) is 0 Å². The molecule has 0 saturated carbocycles. The molecule has 106 valence electrons. The molecule has 1 aromatic carbocycles. The largest absolute Gasteiger partial charge is 0.490 e. The summed E-state index contributed by atoms with van der Waals surface area (Å²) in [5, 5.41) is 0. The van der Waals surface area contributed by atoms with E-state index in [0.29, 0.717) is 25.1 Å². The van der Waals surface area contributed by atoms with Gasteiger partial charge in [0.15, 0.2) is 17.3 Å². The van der Waals surface area contributed by atoms with E-state index < -0.39 is 0 Å². The average Bonchev–Trinajstić information content (AvgIpc) is 3.02. The number of carbonyl (C=O) groups is 1. The highest BCUT2D eigenvalue weighted by Crippen LogP contribution is 2.41. The number of carbonyl (C=O) groups excluding carboxylic acids is 1. The van der Waals surface area contributed by atoms with E-state index in [1.807, 2.05) is 18.2 Å². The Bertz CT molecular complexity index is 539. The summed E-state index contributed by atoms with van der Waals surface area (Å²) in [5.41, 5.74) is 0.718. The maximum Gasteiger partial charge on any atom is 0.168 e. The van der Waals surface area contributed by atoms with Gasteiger partial charge in [0.1, 0.15) is 0 Å². The molecule has 20 heavy (non-hydrogen) atoms. The normalized spacial score (nSPS) is 31.1. The molecular weight excluding hydrogens is 256 g/mol. The zero-order valence-corrected chi connectivity index (χ0v) is 11.3. The maximum atomic E-state index is 12.6. The summed E-state index contributed by atoms with van der Waals surface area (Å²) in [6.45, 7) is 1.31. The molecule has 0 spiro atoms. The molecule has 2 bridgehead atoms. The Kier molecular flexibility index (Phi) is 2.91. The fraction of sp³-hybridized carbons (Fsp3) is 0.562. The number of benzene rings is 1. The summed E-state index contributed by atoms with van der Waals surface area (Å²) >= 11 is 0. The molecule has 4 rings (SSSR count). The fourth-order valence-corrected chi connectivity index (χ4v) is 3.44. The van der Waals surface area contributed by atoms with Gasteiger partial charge in [-0.2, -0.15) is 0 Å². The summed E-state index contributed by atoms with van der Waals surface area (Å²) in [6.07, 6.45) is 4.30. The summed E-state index contributed by atoms with van der Waals surface area (Å²) in [5.74, 6) is 1.65. The van der Waals surface area contributed by atoms with Crippen LogP contribution in [0.3, 0.4) is 0 Å². The van der Waals surface area contributed by atoms with E-state index in [0.717, 1.165) is 37.0 Å². The third kappa shape index (κ3) is 1.99. The van der Waals surface area contributed by atoms with Crippen molar-refractivity contribution in [1.29, 1.82) is 0 Å². The minimum absolute atomic E-state index is 0.0264. The predicted molar refractivity (Wildman–Crippen MR) is 72.4 cm³/mol. The van der Waals surface area contributed by atoms with Crippen molar-refractivity contribution < 1.29 is 19.0 Å². The first kappa shape index (κ1) is 12.2. The SMILES string of the molecule is O=C(c1ccc2c(c1)OCCCO2)C1CC2CCC1O2. The van der Waals surface area contributed by atoms with Crippen LogP contribution < -0.4 is 9.47 Å². The molecule has 3 heterocycles. The molecule has 4 nitrogen and oxygen atoms in total. The van der Waals surface area contributed by atoms with Crippen LogP contribution in [0.1, 0.15) is 36.0 Å². The topological polar surface area (TPSA) is 44.8 Å². The molecular formula is C16H18O4. The number of hydrogen-bond acceptors (Lipinski definition) is 4. The molecule has 0 aromatic heterocycles. The van der Waals surface area contributed by atoms with Gasteiger partial charge < -0.3 is 14.2 Å². The summed E-state index contributed by atoms with van der Waals surface area (Å²) in [7, 11) is 0. The Morgan fingerprint density at radius 2 is 1.95 bits per heavy atom. The molecule has 0 N–H and O–H groups in total. The van der Waals surface area contributed by atoms with E-state index in [1.165, 1.54) is 0 Å². The van der Waals surface area contributed by atoms with Gasteiger partial charge >= 0.3 is 0 Å². The van der Waals surface area contributed by atoms with Gasteiger partial charge in [-0.1, -0.05) is 0 Å². The van der Waals surface area contributed by atoms with E-state index in [4.69, 9.17) is 14.2 Å². The summed E-state index contributed by atoms with van der Waals surface area (Å²) in [4.78, 5) is 12.6. The zero-order chi connectivity index (χ0) is 13.5. The first-order chi connectivity index (χ1) is 9.81. The molecule has 0 amide bonds. The molecule has 3 aliphatic heterocycles. The first-order valence-electron chi connectivity index (χ1n) is 7.40. The van der Waals surface area contributed by atoms with Crippen molar-refractivity contribution in [2.45, 2.75) is 37.9 Å². The molecule has 3 unspecified atom stereocenters. The maximum absolute atomic E-state index is 12.6. The number of ketones is 1. The summed E-state index contributed by atoms with van der Waals surface area (Å²) in [6, 6.07) is 5.53. The Labute approximate surface area is 118 Å². The second-order valence-electron chi connectivity index (χ2n) is 5.79. The predicted octanol–water partition coefficient (Wildman–Crippen LogP) is 2.60. The van der Waals surface area contributed by atoms with Crippen LogP contribution in [0, 0.1) is 5.92 Å². The van der Waals surface area contributed by atoms with Crippen LogP contribution in [0.15, 0.2) is 18.2 Å². The smallest absolute Gasteiger partial charge is 0.168 e. The van der Waals surface area contributed by atoms with Crippen molar-refractivity contribution in [2.75, 3.05) is 13.2 Å².